The molecule has 0 aliphatic carbocycles. The quantitative estimate of drug-likeness (QED) is 0.439. The number of hydrogen-bond donors (Lipinski definition) is 2. The van der Waals surface area contributed by atoms with Gasteiger partial charge in [0.1, 0.15) is 17.2 Å². The molecule has 0 spiro atoms. The summed E-state index contributed by atoms with van der Waals surface area (Å²) in [6.45, 7) is 1.93. The molecule has 0 bridgehead atoms. The Hall–Kier alpha value is -3.03. The fraction of sp³-hybridized carbons (Fsp3) is 0.143. The molecule has 0 unspecified atom stereocenters. The number of carbonyl (C=O) groups excluding carboxylic acids is 1. The number of carbonyl (C=O) groups is 1. The van der Waals surface area contributed by atoms with E-state index >= 15 is 0 Å². The van der Waals surface area contributed by atoms with Gasteiger partial charge in [-0.15, -0.1) is 11.3 Å². The van der Waals surface area contributed by atoms with Crippen molar-refractivity contribution < 1.29 is 14.3 Å². The van der Waals surface area contributed by atoms with Gasteiger partial charge in [0.15, 0.2) is 5.13 Å². The number of benzene rings is 2. The highest BCUT2D eigenvalue weighted by Crippen LogP contribution is 2.41. The lowest BCUT2D eigenvalue weighted by molar-refractivity contribution is 0.102. The van der Waals surface area contributed by atoms with Crippen LogP contribution in [0.4, 0.5) is 5.13 Å². The van der Waals surface area contributed by atoms with Gasteiger partial charge in [-0.1, -0.05) is 29.8 Å². The zero-order valence-corrected chi connectivity index (χ0v) is 17.6. The van der Waals surface area contributed by atoms with E-state index < -0.39 is 0 Å². The number of H-pyrrole nitrogens is 1. The second-order valence-corrected chi connectivity index (χ2v) is 7.95. The minimum atomic E-state index is -0.249. The number of methoxy groups -OCH3 is 2. The molecule has 4 aromatic rings. The zero-order chi connectivity index (χ0) is 20.5. The third-order valence-corrected chi connectivity index (χ3v) is 5.70. The van der Waals surface area contributed by atoms with E-state index in [0.717, 1.165) is 21.3 Å². The molecule has 0 saturated heterocycles. The minimum absolute atomic E-state index is 0.249. The minimum Gasteiger partial charge on any atom is -0.496 e. The van der Waals surface area contributed by atoms with Gasteiger partial charge in [0.2, 0.25) is 0 Å². The molecule has 1 amide bonds. The van der Waals surface area contributed by atoms with E-state index in [9.17, 15) is 4.79 Å². The Kier molecular flexibility index (Phi) is 5.17. The number of rotatable bonds is 5. The lowest BCUT2D eigenvalue weighted by atomic mass is 10.1. The third kappa shape index (κ3) is 3.66. The van der Waals surface area contributed by atoms with Crippen molar-refractivity contribution in [3.05, 3.63) is 58.1 Å². The average molecular weight is 428 g/mol. The largest absolute Gasteiger partial charge is 0.496 e. The van der Waals surface area contributed by atoms with Crippen LogP contribution in [0, 0.1) is 6.92 Å². The van der Waals surface area contributed by atoms with Gasteiger partial charge >= 0.3 is 0 Å². The Morgan fingerprint density at radius 3 is 2.62 bits per heavy atom. The number of thiazole rings is 1. The van der Waals surface area contributed by atoms with E-state index in [1.165, 1.54) is 11.3 Å². The molecule has 148 valence electrons. The van der Waals surface area contributed by atoms with Crippen molar-refractivity contribution in [2.75, 3.05) is 19.5 Å². The molecule has 0 fully saturated rings. The molecule has 4 rings (SSSR count). The molecule has 0 atom stereocenters. The lowest BCUT2D eigenvalue weighted by Crippen LogP contribution is -2.11. The second kappa shape index (κ2) is 7.77. The third-order valence-electron chi connectivity index (χ3n) is 4.52. The molecule has 0 radical (unpaired) electrons. The molecular weight excluding hydrogens is 410 g/mol. The average Bonchev–Trinajstić information content (AvgIpc) is 3.31. The molecule has 2 N–H and O–H groups in total. The first-order valence-corrected chi connectivity index (χ1v) is 9.98. The van der Waals surface area contributed by atoms with Crippen LogP contribution in [-0.4, -0.2) is 30.1 Å². The first-order valence-electron chi connectivity index (χ1n) is 8.78. The van der Waals surface area contributed by atoms with E-state index in [-0.39, 0.29) is 5.91 Å². The van der Waals surface area contributed by atoms with Crippen molar-refractivity contribution in [3.63, 3.8) is 0 Å². The van der Waals surface area contributed by atoms with Crippen LogP contribution in [0.15, 0.2) is 42.5 Å². The zero-order valence-electron chi connectivity index (χ0n) is 16.0. The molecule has 0 aliphatic heterocycles. The molecule has 8 heteroatoms. The van der Waals surface area contributed by atoms with Crippen LogP contribution in [0.2, 0.25) is 5.02 Å². The summed E-state index contributed by atoms with van der Waals surface area (Å²) in [5, 5.41) is 4.79. The number of halogens is 1. The monoisotopic (exact) mass is 427 g/mol. The number of ether oxygens (including phenoxy) is 2. The number of fused-ring (bicyclic) bond motifs is 1. The van der Waals surface area contributed by atoms with E-state index in [1.54, 1.807) is 26.4 Å². The second-order valence-electron chi connectivity index (χ2n) is 6.34. The number of aromatic amines is 1. The highest BCUT2D eigenvalue weighted by atomic mass is 35.5. The van der Waals surface area contributed by atoms with E-state index in [4.69, 9.17) is 21.1 Å². The van der Waals surface area contributed by atoms with Gasteiger partial charge in [-0.25, -0.2) is 4.98 Å². The first-order chi connectivity index (χ1) is 14.0. The summed E-state index contributed by atoms with van der Waals surface area (Å²) in [4.78, 5) is 21.3. The topological polar surface area (TPSA) is 76.2 Å². The Morgan fingerprint density at radius 1 is 1.14 bits per heavy atom. The number of amides is 1. The maximum absolute atomic E-state index is 12.7. The number of aromatic nitrogens is 2. The number of hydrogen-bond acceptors (Lipinski definition) is 5. The summed E-state index contributed by atoms with van der Waals surface area (Å²) in [6, 6.07) is 13.0. The molecule has 29 heavy (non-hydrogen) atoms. The van der Waals surface area contributed by atoms with Gasteiger partial charge in [0.25, 0.3) is 5.91 Å². The smallest absolute Gasteiger partial charge is 0.273 e. The number of para-hydroxylation sites is 1. The van der Waals surface area contributed by atoms with Gasteiger partial charge in [0.05, 0.1) is 24.9 Å². The SMILES string of the molecule is COc1cc(OC)c(-c2nc(NC(=O)c3cc4ccccc4[nH]3)sc2C)cc1Cl. The fourth-order valence-electron chi connectivity index (χ4n) is 3.11. The molecule has 0 saturated carbocycles. The fourth-order valence-corrected chi connectivity index (χ4v) is 4.17. The van der Waals surface area contributed by atoms with Crippen LogP contribution in [0.1, 0.15) is 15.4 Å². The number of anilines is 1. The summed E-state index contributed by atoms with van der Waals surface area (Å²) in [5.41, 5.74) is 2.82. The van der Waals surface area contributed by atoms with Crippen LogP contribution < -0.4 is 14.8 Å². The van der Waals surface area contributed by atoms with Gasteiger partial charge < -0.3 is 14.5 Å². The van der Waals surface area contributed by atoms with Crippen LogP contribution >= 0.6 is 22.9 Å². The maximum Gasteiger partial charge on any atom is 0.273 e. The van der Waals surface area contributed by atoms with Gasteiger partial charge in [-0.3, -0.25) is 10.1 Å². The van der Waals surface area contributed by atoms with Crippen molar-refractivity contribution in [3.8, 4) is 22.8 Å². The molecule has 2 heterocycles. The predicted octanol–water partition coefficient (Wildman–Crippen LogP) is 5.52. The van der Waals surface area contributed by atoms with E-state index in [1.807, 2.05) is 37.3 Å². The van der Waals surface area contributed by atoms with E-state index in [0.29, 0.717) is 33.0 Å². The number of aryl methyl sites for hydroxylation is 1. The van der Waals surface area contributed by atoms with Crippen molar-refractivity contribution in [2.45, 2.75) is 6.92 Å². The Balaban J connectivity index is 1.64. The highest BCUT2D eigenvalue weighted by molar-refractivity contribution is 7.16. The van der Waals surface area contributed by atoms with Crippen molar-refractivity contribution in [2.24, 2.45) is 0 Å². The van der Waals surface area contributed by atoms with E-state index in [2.05, 4.69) is 15.3 Å². The maximum atomic E-state index is 12.7. The molecule has 6 nitrogen and oxygen atoms in total. The van der Waals surface area contributed by atoms with Crippen molar-refractivity contribution in [1.82, 2.24) is 9.97 Å². The van der Waals surface area contributed by atoms with Gasteiger partial charge in [-0.2, -0.15) is 0 Å². The number of nitrogens with zero attached hydrogens (tertiary/aromatic N) is 1. The normalized spacial score (nSPS) is 10.9. The predicted molar refractivity (Wildman–Crippen MR) is 117 cm³/mol. The molecular formula is C21H18ClN3O3S. The first kappa shape index (κ1) is 19.3. The molecule has 0 aliphatic rings. The van der Waals surface area contributed by atoms with Crippen LogP contribution in [0.25, 0.3) is 22.2 Å². The van der Waals surface area contributed by atoms with Crippen LogP contribution in [0.5, 0.6) is 11.5 Å². The Bertz CT molecular complexity index is 1180. The summed E-state index contributed by atoms with van der Waals surface area (Å²) in [5.74, 6) is 0.863. The Labute approximate surface area is 176 Å². The molecule has 2 aromatic carbocycles. The lowest BCUT2D eigenvalue weighted by Gasteiger charge is -2.11. The van der Waals surface area contributed by atoms with Crippen molar-refractivity contribution >= 4 is 44.9 Å². The summed E-state index contributed by atoms with van der Waals surface area (Å²) < 4.78 is 10.7. The molecule has 2 aromatic heterocycles. The highest BCUT2D eigenvalue weighted by Gasteiger charge is 2.19. The standard InChI is InChI=1S/C21H18ClN3O3S/c1-11-19(13-9-14(22)18(28-3)10-17(13)27-2)24-21(29-11)25-20(26)16-8-12-6-4-5-7-15(12)23-16/h4-10,23H,1-3H3,(H,24,25,26). The number of nitrogens with one attached hydrogen (secondary N) is 2. The Morgan fingerprint density at radius 2 is 1.90 bits per heavy atom. The summed E-state index contributed by atoms with van der Waals surface area (Å²) >= 11 is 7.68. The van der Waals surface area contributed by atoms with Gasteiger partial charge in [0, 0.05) is 27.4 Å². The summed E-state index contributed by atoms with van der Waals surface area (Å²) in [7, 11) is 3.12. The van der Waals surface area contributed by atoms with Crippen LogP contribution in [0.3, 0.4) is 0 Å². The van der Waals surface area contributed by atoms with Gasteiger partial charge in [-0.05, 0) is 25.1 Å². The summed E-state index contributed by atoms with van der Waals surface area (Å²) in [6.07, 6.45) is 0. The van der Waals surface area contributed by atoms with Crippen molar-refractivity contribution in [1.29, 1.82) is 0 Å². The van der Waals surface area contributed by atoms with Crippen LogP contribution in [-0.2, 0) is 0 Å².